The van der Waals surface area contributed by atoms with Crippen molar-refractivity contribution in [3.8, 4) is 0 Å². The minimum absolute atomic E-state index is 0.0469. The van der Waals surface area contributed by atoms with E-state index in [0.29, 0.717) is 6.61 Å². The third-order valence-corrected chi connectivity index (χ3v) is 2.00. The maximum Gasteiger partial charge on any atom is 0.338 e. The standard InChI is InChI=1S/C9H8O4.C4H8O3/c1-13-9(12)7-5-3-2-4-6(7)8(10)11;1-2-7-4(6)3-5/h2-5H,1H3,(H,10,11);5H,2-3H2,1H3. The van der Waals surface area contributed by atoms with E-state index in [-0.39, 0.29) is 11.1 Å². The number of esters is 2. The lowest BCUT2D eigenvalue weighted by Crippen LogP contribution is -2.09. The first kappa shape index (κ1) is 17.6. The molecule has 20 heavy (non-hydrogen) atoms. The monoisotopic (exact) mass is 284 g/mol. The van der Waals surface area contributed by atoms with E-state index in [1.165, 1.54) is 19.2 Å². The molecule has 110 valence electrons. The Kier molecular flexibility index (Phi) is 8.36. The fourth-order valence-corrected chi connectivity index (χ4v) is 1.16. The minimum atomic E-state index is -1.14. The molecule has 1 aromatic carbocycles. The SMILES string of the molecule is CCOC(=O)CO.COC(=O)c1ccccc1C(=O)O. The van der Waals surface area contributed by atoms with Gasteiger partial charge in [0.25, 0.3) is 0 Å². The molecule has 0 amide bonds. The second-order valence-corrected chi connectivity index (χ2v) is 3.31. The highest BCUT2D eigenvalue weighted by Gasteiger charge is 2.15. The highest BCUT2D eigenvalue weighted by atomic mass is 16.5. The van der Waals surface area contributed by atoms with E-state index < -0.39 is 24.5 Å². The predicted octanol–water partition coefficient (Wildman–Crippen LogP) is 0.713. The van der Waals surface area contributed by atoms with Gasteiger partial charge in [-0.05, 0) is 19.1 Å². The molecule has 1 aromatic rings. The molecular formula is C13H16O7. The summed E-state index contributed by atoms with van der Waals surface area (Å²) in [5, 5.41) is 16.7. The number of methoxy groups -OCH3 is 1. The number of aromatic carboxylic acids is 1. The number of carboxylic acid groups (broad SMARTS) is 1. The molecule has 0 saturated carbocycles. The zero-order valence-corrected chi connectivity index (χ0v) is 11.2. The summed E-state index contributed by atoms with van der Waals surface area (Å²) < 4.78 is 8.73. The van der Waals surface area contributed by atoms with Crippen molar-refractivity contribution in [2.75, 3.05) is 20.3 Å². The Bertz CT molecular complexity index is 468. The number of carboxylic acids is 1. The Morgan fingerprint density at radius 2 is 1.70 bits per heavy atom. The van der Waals surface area contributed by atoms with Gasteiger partial charge in [0.15, 0.2) is 0 Å². The maximum atomic E-state index is 11.1. The summed E-state index contributed by atoms with van der Waals surface area (Å²) in [4.78, 5) is 31.6. The summed E-state index contributed by atoms with van der Waals surface area (Å²) in [5.74, 6) is -2.35. The molecule has 0 spiro atoms. The van der Waals surface area contributed by atoms with Gasteiger partial charge in [-0.25, -0.2) is 14.4 Å². The van der Waals surface area contributed by atoms with E-state index in [0.717, 1.165) is 0 Å². The molecule has 0 fully saturated rings. The summed E-state index contributed by atoms with van der Waals surface area (Å²) in [7, 11) is 1.21. The first-order valence-electron chi connectivity index (χ1n) is 5.65. The Hall–Kier alpha value is -2.41. The number of aliphatic hydroxyl groups excluding tert-OH is 1. The van der Waals surface area contributed by atoms with Crippen molar-refractivity contribution >= 4 is 17.9 Å². The van der Waals surface area contributed by atoms with E-state index >= 15 is 0 Å². The lowest BCUT2D eigenvalue weighted by Gasteiger charge is -2.02. The minimum Gasteiger partial charge on any atom is -0.478 e. The predicted molar refractivity (Wildman–Crippen MR) is 68.5 cm³/mol. The van der Waals surface area contributed by atoms with Crippen LogP contribution in [0.4, 0.5) is 0 Å². The Balaban J connectivity index is 0.000000441. The van der Waals surface area contributed by atoms with Crippen LogP contribution in [0.5, 0.6) is 0 Å². The fraction of sp³-hybridized carbons (Fsp3) is 0.308. The molecule has 7 heteroatoms. The molecule has 7 nitrogen and oxygen atoms in total. The van der Waals surface area contributed by atoms with E-state index in [4.69, 9.17) is 10.2 Å². The van der Waals surface area contributed by atoms with Gasteiger partial charge < -0.3 is 19.7 Å². The van der Waals surface area contributed by atoms with Crippen molar-refractivity contribution in [3.63, 3.8) is 0 Å². The van der Waals surface area contributed by atoms with Gasteiger partial charge in [-0.3, -0.25) is 0 Å². The second-order valence-electron chi connectivity index (χ2n) is 3.31. The molecule has 0 aliphatic carbocycles. The molecule has 0 atom stereocenters. The molecule has 0 radical (unpaired) electrons. The molecule has 0 aliphatic heterocycles. The summed E-state index contributed by atoms with van der Waals surface area (Å²) in [6.45, 7) is 1.50. The Morgan fingerprint density at radius 3 is 2.05 bits per heavy atom. The van der Waals surface area contributed by atoms with Crippen LogP contribution in [0.2, 0.25) is 0 Å². The zero-order chi connectivity index (χ0) is 15.5. The smallest absolute Gasteiger partial charge is 0.338 e. The Labute approximate surface area is 115 Å². The summed E-state index contributed by atoms with van der Waals surface area (Å²) in [6.07, 6.45) is 0. The topological polar surface area (TPSA) is 110 Å². The lowest BCUT2D eigenvalue weighted by molar-refractivity contribution is -0.146. The van der Waals surface area contributed by atoms with Crippen LogP contribution in [-0.2, 0) is 14.3 Å². The average molecular weight is 284 g/mol. The molecule has 0 saturated heterocycles. The molecule has 0 aromatic heterocycles. The molecule has 0 heterocycles. The van der Waals surface area contributed by atoms with Gasteiger partial charge in [0.2, 0.25) is 0 Å². The molecular weight excluding hydrogens is 268 g/mol. The number of carbonyl (C=O) groups is 3. The number of hydrogen-bond donors (Lipinski definition) is 2. The highest BCUT2D eigenvalue weighted by Crippen LogP contribution is 2.09. The van der Waals surface area contributed by atoms with Crippen LogP contribution in [0.25, 0.3) is 0 Å². The van der Waals surface area contributed by atoms with Crippen LogP contribution in [-0.4, -0.2) is 48.4 Å². The van der Waals surface area contributed by atoms with Gasteiger partial charge in [0.1, 0.15) is 6.61 Å². The normalized spacial score (nSPS) is 8.95. The Morgan fingerprint density at radius 1 is 1.15 bits per heavy atom. The van der Waals surface area contributed by atoms with Crippen molar-refractivity contribution in [3.05, 3.63) is 35.4 Å². The fourth-order valence-electron chi connectivity index (χ4n) is 1.16. The molecule has 0 unspecified atom stereocenters. The van der Waals surface area contributed by atoms with E-state index in [2.05, 4.69) is 9.47 Å². The van der Waals surface area contributed by atoms with Crippen LogP contribution in [0.15, 0.2) is 24.3 Å². The van der Waals surface area contributed by atoms with E-state index in [1.807, 2.05) is 0 Å². The van der Waals surface area contributed by atoms with Gasteiger partial charge >= 0.3 is 17.9 Å². The first-order chi connectivity index (χ1) is 9.47. The third-order valence-electron chi connectivity index (χ3n) is 2.00. The van der Waals surface area contributed by atoms with Crippen LogP contribution in [0.1, 0.15) is 27.6 Å². The van der Waals surface area contributed by atoms with Crippen molar-refractivity contribution in [2.45, 2.75) is 6.92 Å². The molecule has 0 aliphatic rings. The number of ether oxygens (including phenoxy) is 2. The van der Waals surface area contributed by atoms with Crippen molar-refractivity contribution in [2.24, 2.45) is 0 Å². The quantitative estimate of drug-likeness (QED) is 0.783. The number of benzene rings is 1. The lowest BCUT2D eigenvalue weighted by atomic mass is 10.1. The van der Waals surface area contributed by atoms with Crippen LogP contribution >= 0.6 is 0 Å². The highest BCUT2D eigenvalue weighted by molar-refractivity contribution is 6.02. The number of rotatable bonds is 4. The van der Waals surface area contributed by atoms with Crippen LogP contribution in [0, 0.1) is 0 Å². The van der Waals surface area contributed by atoms with Gasteiger partial charge in [-0.1, -0.05) is 12.1 Å². The van der Waals surface area contributed by atoms with Crippen molar-refractivity contribution in [1.29, 1.82) is 0 Å². The van der Waals surface area contributed by atoms with Crippen LogP contribution in [0.3, 0.4) is 0 Å². The third kappa shape index (κ3) is 5.96. The molecule has 1 rings (SSSR count). The summed E-state index contributed by atoms with van der Waals surface area (Å²) in [6, 6.07) is 5.90. The number of aliphatic hydroxyl groups is 1. The van der Waals surface area contributed by atoms with Crippen LogP contribution < -0.4 is 0 Å². The van der Waals surface area contributed by atoms with Gasteiger partial charge in [0.05, 0.1) is 24.8 Å². The van der Waals surface area contributed by atoms with Gasteiger partial charge in [-0.2, -0.15) is 0 Å². The van der Waals surface area contributed by atoms with Gasteiger partial charge in [0, 0.05) is 0 Å². The van der Waals surface area contributed by atoms with E-state index in [9.17, 15) is 14.4 Å². The molecule has 0 bridgehead atoms. The second kappa shape index (κ2) is 9.51. The summed E-state index contributed by atoms with van der Waals surface area (Å²) in [5.41, 5.74) is 0.0202. The zero-order valence-electron chi connectivity index (χ0n) is 11.2. The number of carbonyl (C=O) groups excluding carboxylic acids is 2. The van der Waals surface area contributed by atoms with Crippen molar-refractivity contribution in [1.82, 2.24) is 0 Å². The van der Waals surface area contributed by atoms with E-state index in [1.54, 1.807) is 19.1 Å². The molecule has 2 N–H and O–H groups in total. The number of hydrogen-bond acceptors (Lipinski definition) is 6. The maximum absolute atomic E-state index is 11.1. The first-order valence-corrected chi connectivity index (χ1v) is 5.65. The van der Waals surface area contributed by atoms with Gasteiger partial charge in [-0.15, -0.1) is 0 Å². The largest absolute Gasteiger partial charge is 0.478 e. The average Bonchev–Trinajstić information content (AvgIpc) is 2.47. The summed E-state index contributed by atoms with van der Waals surface area (Å²) >= 11 is 0. The van der Waals surface area contributed by atoms with Crippen molar-refractivity contribution < 1.29 is 34.1 Å².